The molecule has 0 spiro atoms. The van der Waals surface area contributed by atoms with Gasteiger partial charge in [-0.15, -0.1) is 0 Å². The van der Waals surface area contributed by atoms with Crippen molar-refractivity contribution in [1.82, 2.24) is 0 Å². The number of alkyl halides is 1. The SMILES string of the molecule is CCC1CCCC(C(F)C(=O)O)C1. The van der Waals surface area contributed by atoms with Crippen molar-refractivity contribution in [3.8, 4) is 0 Å². The van der Waals surface area contributed by atoms with Crippen molar-refractivity contribution >= 4 is 5.97 Å². The summed E-state index contributed by atoms with van der Waals surface area (Å²) in [4.78, 5) is 10.4. The fourth-order valence-corrected chi connectivity index (χ4v) is 2.17. The summed E-state index contributed by atoms with van der Waals surface area (Å²) in [5, 5.41) is 8.52. The molecule has 13 heavy (non-hydrogen) atoms. The lowest BCUT2D eigenvalue weighted by Gasteiger charge is -2.28. The summed E-state index contributed by atoms with van der Waals surface area (Å²) >= 11 is 0. The second kappa shape index (κ2) is 4.58. The predicted octanol–water partition coefficient (Wildman–Crippen LogP) is 2.63. The normalized spacial score (nSPS) is 31.2. The fraction of sp³-hybridized carbons (Fsp3) is 0.900. The van der Waals surface area contributed by atoms with Crippen LogP contribution in [-0.2, 0) is 4.79 Å². The molecule has 0 aromatic rings. The Morgan fingerprint density at radius 2 is 2.31 bits per heavy atom. The largest absolute Gasteiger partial charge is 0.479 e. The minimum absolute atomic E-state index is 0.240. The molecule has 0 saturated heterocycles. The van der Waals surface area contributed by atoms with Gasteiger partial charge in [-0.2, -0.15) is 0 Å². The zero-order valence-electron chi connectivity index (χ0n) is 8.00. The quantitative estimate of drug-likeness (QED) is 0.739. The Bertz CT molecular complexity index is 182. The van der Waals surface area contributed by atoms with Crippen LogP contribution in [0.25, 0.3) is 0 Å². The van der Waals surface area contributed by atoms with E-state index >= 15 is 0 Å². The third kappa shape index (κ3) is 2.68. The molecule has 1 rings (SSSR count). The van der Waals surface area contributed by atoms with Crippen LogP contribution in [0.15, 0.2) is 0 Å². The van der Waals surface area contributed by atoms with Crippen molar-refractivity contribution in [2.75, 3.05) is 0 Å². The van der Waals surface area contributed by atoms with Gasteiger partial charge in [0.15, 0.2) is 6.17 Å². The number of halogens is 1. The molecule has 0 amide bonds. The van der Waals surface area contributed by atoms with E-state index in [0.29, 0.717) is 5.92 Å². The summed E-state index contributed by atoms with van der Waals surface area (Å²) in [5.74, 6) is -0.991. The van der Waals surface area contributed by atoms with Gasteiger partial charge < -0.3 is 5.11 Å². The number of hydrogen-bond acceptors (Lipinski definition) is 1. The second-order valence-electron chi connectivity index (χ2n) is 3.94. The number of carbonyl (C=O) groups is 1. The van der Waals surface area contributed by atoms with Gasteiger partial charge in [0.25, 0.3) is 0 Å². The van der Waals surface area contributed by atoms with E-state index in [9.17, 15) is 9.18 Å². The van der Waals surface area contributed by atoms with Crippen molar-refractivity contribution in [2.24, 2.45) is 11.8 Å². The van der Waals surface area contributed by atoms with Crippen LogP contribution >= 0.6 is 0 Å². The molecule has 0 aromatic carbocycles. The summed E-state index contributed by atoms with van der Waals surface area (Å²) in [6, 6.07) is 0. The molecule has 0 aliphatic heterocycles. The van der Waals surface area contributed by atoms with E-state index in [0.717, 1.165) is 32.1 Å². The molecule has 1 fully saturated rings. The predicted molar refractivity (Wildman–Crippen MR) is 48.3 cm³/mol. The van der Waals surface area contributed by atoms with Crippen LogP contribution in [0, 0.1) is 11.8 Å². The number of hydrogen-bond donors (Lipinski definition) is 1. The van der Waals surface area contributed by atoms with Crippen LogP contribution in [0.5, 0.6) is 0 Å². The van der Waals surface area contributed by atoms with Crippen LogP contribution in [0.4, 0.5) is 4.39 Å². The van der Waals surface area contributed by atoms with Crippen LogP contribution < -0.4 is 0 Å². The highest BCUT2D eigenvalue weighted by molar-refractivity contribution is 5.72. The van der Waals surface area contributed by atoms with E-state index in [2.05, 4.69) is 6.92 Å². The van der Waals surface area contributed by atoms with Crippen LogP contribution in [0.2, 0.25) is 0 Å². The highest BCUT2D eigenvalue weighted by Crippen LogP contribution is 2.33. The Morgan fingerprint density at radius 1 is 1.62 bits per heavy atom. The molecular weight excluding hydrogens is 171 g/mol. The van der Waals surface area contributed by atoms with Gasteiger partial charge in [-0.25, -0.2) is 9.18 Å². The number of carboxylic acid groups (broad SMARTS) is 1. The molecule has 1 N–H and O–H groups in total. The van der Waals surface area contributed by atoms with Gasteiger partial charge in [-0.1, -0.05) is 26.2 Å². The molecule has 0 heterocycles. The summed E-state index contributed by atoms with van der Waals surface area (Å²) in [6.45, 7) is 2.08. The fourth-order valence-electron chi connectivity index (χ4n) is 2.17. The molecule has 3 unspecified atom stereocenters. The molecule has 3 heteroatoms. The van der Waals surface area contributed by atoms with E-state index in [1.165, 1.54) is 0 Å². The lowest BCUT2D eigenvalue weighted by Crippen LogP contribution is -2.29. The molecule has 1 aliphatic carbocycles. The first kappa shape index (κ1) is 10.5. The van der Waals surface area contributed by atoms with Gasteiger partial charge in [0.2, 0.25) is 0 Å². The Balaban J connectivity index is 2.46. The van der Waals surface area contributed by atoms with Gasteiger partial charge >= 0.3 is 5.97 Å². The van der Waals surface area contributed by atoms with Crippen LogP contribution in [-0.4, -0.2) is 17.2 Å². The Hall–Kier alpha value is -0.600. The molecule has 0 aromatic heterocycles. The Kier molecular flexibility index (Phi) is 3.70. The molecule has 1 aliphatic rings. The van der Waals surface area contributed by atoms with E-state index in [-0.39, 0.29) is 5.92 Å². The molecule has 76 valence electrons. The first-order valence-corrected chi connectivity index (χ1v) is 5.02. The van der Waals surface area contributed by atoms with Crippen molar-refractivity contribution in [3.05, 3.63) is 0 Å². The van der Waals surface area contributed by atoms with Gasteiger partial charge in [0, 0.05) is 5.92 Å². The summed E-state index contributed by atoms with van der Waals surface area (Å²) < 4.78 is 13.1. The minimum atomic E-state index is -1.64. The standard InChI is InChI=1S/C10H17FO2/c1-2-7-4-3-5-8(6-7)9(11)10(12)13/h7-9H,2-6H2,1H3,(H,12,13). The third-order valence-corrected chi connectivity index (χ3v) is 3.05. The Morgan fingerprint density at radius 3 is 2.85 bits per heavy atom. The monoisotopic (exact) mass is 188 g/mol. The summed E-state index contributed by atoms with van der Waals surface area (Å²) in [7, 11) is 0. The van der Waals surface area contributed by atoms with E-state index in [1.807, 2.05) is 0 Å². The Labute approximate surface area is 78.1 Å². The molecule has 2 nitrogen and oxygen atoms in total. The lowest BCUT2D eigenvalue weighted by atomic mass is 9.78. The van der Waals surface area contributed by atoms with Gasteiger partial charge in [0.1, 0.15) is 0 Å². The third-order valence-electron chi connectivity index (χ3n) is 3.05. The molecule has 3 atom stereocenters. The first-order chi connectivity index (χ1) is 6.15. The molecule has 0 radical (unpaired) electrons. The topological polar surface area (TPSA) is 37.3 Å². The minimum Gasteiger partial charge on any atom is -0.479 e. The zero-order chi connectivity index (χ0) is 9.84. The number of carboxylic acids is 1. The van der Waals surface area contributed by atoms with Crippen molar-refractivity contribution in [1.29, 1.82) is 0 Å². The lowest BCUT2D eigenvalue weighted by molar-refractivity contribution is -0.145. The maximum absolute atomic E-state index is 13.1. The summed E-state index contributed by atoms with van der Waals surface area (Å²) in [6.07, 6.45) is 3.02. The number of rotatable bonds is 3. The van der Waals surface area contributed by atoms with Crippen molar-refractivity contribution < 1.29 is 14.3 Å². The first-order valence-electron chi connectivity index (χ1n) is 5.02. The molecule has 0 bridgehead atoms. The highest BCUT2D eigenvalue weighted by Gasteiger charge is 2.31. The summed E-state index contributed by atoms with van der Waals surface area (Å²) in [5.41, 5.74) is 0. The van der Waals surface area contributed by atoms with E-state index < -0.39 is 12.1 Å². The second-order valence-corrected chi connectivity index (χ2v) is 3.94. The van der Waals surface area contributed by atoms with Gasteiger partial charge in [-0.3, -0.25) is 0 Å². The molecule has 1 saturated carbocycles. The van der Waals surface area contributed by atoms with Crippen molar-refractivity contribution in [3.63, 3.8) is 0 Å². The average Bonchev–Trinajstić information content (AvgIpc) is 2.16. The molecular formula is C10H17FO2. The maximum atomic E-state index is 13.1. The van der Waals surface area contributed by atoms with E-state index in [4.69, 9.17) is 5.11 Å². The zero-order valence-corrected chi connectivity index (χ0v) is 8.00. The van der Waals surface area contributed by atoms with Crippen LogP contribution in [0.1, 0.15) is 39.0 Å². The van der Waals surface area contributed by atoms with Crippen molar-refractivity contribution in [2.45, 2.75) is 45.2 Å². The highest BCUT2D eigenvalue weighted by atomic mass is 19.1. The van der Waals surface area contributed by atoms with Gasteiger partial charge in [0.05, 0.1) is 0 Å². The smallest absolute Gasteiger partial charge is 0.338 e. The van der Waals surface area contributed by atoms with E-state index in [1.54, 1.807) is 0 Å². The number of aliphatic carboxylic acids is 1. The van der Waals surface area contributed by atoms with Crippen LogP contribution in [0.3, 0.4) is 0 Å². The van der Waals surface area contributed by atoms with Gasteiger partial charge in [-0.05, 0) is 18.8 Å². The maximum Gasteiger partial charge on any atom is 0.338 e. The average molecular weight is 188 g/mol.